The van der Waals surface area contributed by atoms with Gasteiger partial charge in [-0.25, -0.2) is 0 Å². The van der Waals surface area contributed by atoms with Crippen molar-refractivity contribution in [2.45, 2.75) is 46.0 Å². The van der Waals surface area contributed by atoms with Crippen LogP contribution in [0.15, 0.2) is 66.7 Å². The molecule has 0 aliphatic carbocycles. The zero-order chi connectivity index (χ0) is 22.8. The van der Waals surface area contributed by atoms with Gasteiger partial charge in [-0.3, -0.25) is 4.79 Å². The third kappa shape index (κ3) is 4.22. The fraction of sp³-hybridized carbons (Fsp3) is 0.276. The van der Waals surface area contributed by atoms with Crippen LogP contribution in [-0.2, 0) is 6.42 Å². The van der Waals surface area contributed by atoms with Crippen molar-refractivity contribution in [1.82, 2.24) is 0 Å². The highest BCUT2D eigenvalue weighted by Crippen LogP contribution is 2.39. The van der Waals surface area contributed by atoms with E-state index in [1.807, 2.05) is 30.3 Å². The molecule has 0 aliphatic heterocycles. The van der Waals surface area contributed by atoms with E-state index in [-0.39, 0.29) is 17.6 Å². The first-order valence-corrected chi connectivity index (χ1v) is 12.0. The van der Waals surface area contributed by atoms with Crippen molar-refractivity contribution in [1.29, 1.82) is 0 Å². The Labute approximate surface area is 194 Å². The molecule has 3 heteroatoms. The first kappa shape index (κ1) is 22.3. The number of benzene rings is 3. The van der Waals surface area contributed by atoms with Gasteiger partial charge in [-0.05, 0) is 46.7 Å². The van der Waals surface area contributed by atoms with E-state index in [1.54, 1.807) is 18.4 Å². The van der Waals surface area contributed by atoms with Gasteiger partial charge in [0.25, 0.3) is 0 Å². The zero-order valence-corrected chi connectivity index (χ0v) is 20.3. The molecule has 4 rings (SSSR count). The molecular weight excluding hydrogens is 412 g/mol. The van der Waals surface area contributed by atoms with Crippen LogP contribution < -0.4 is 4.74 Å². The molecule has 1 heterocycles. The Bertz CT molecular complexity index is 1220. The van der Waals surface area contributed by atoms with Crippen molar-refractivity contribution in [2.24, 2.45) is 0 Å². The van der Waals surface area contributed by atoms with Gasteiger partial charge in [0.2, 0.25) is 0 Å². The van der Waals surface area contributed by atoms with Crippen molar-refractivity contribution in [3.8, 4) is 5.75 Å². The van der Waals surface area contributed by atoms with E-state index in [1.165, 1.54) is 5.56 Å². The van der Waals surface area contributed by atoms with Crippen LogP contribution in [0.2, 0.25) is 0 Å². The lowest BCUT2D eigenvalue weighted by Gasteiger charge is -2.20. The summed E-state index contributed by atoms with van der Waals surface area (Å²) in [6.45, 7) is 8.60. The van der Waals surface area contributed by atoms with Gasteiger partial charge in [0.05, 0.1) is 7.11 Å². The second-order valence-corrected chi connectivity index (χ2v) is 10.0. The van der Waals surface area contributed by atoms with E-state index in [2.05, 4.69) is 64.1 Å². The van der Waals surface area contributed by atoms with Crippen LogP contribution in [0.25, 0.3) is 10.1 Å². The predicted octanol–water partition coefficient (Wildman–Crippen LogP) is 7.98. The van der Waals surface area contributed by atoms with Crippen molar-refractivity contribution >= 4 is 27.2 Å². The number of thiophene rings is 1. The van der Waals surface area contributed by atoms with Crippen molar-refractivity contribution in [3.05, 3.63) is 99.4 Å². The van der Waals surface area contributed by atoms with Gasteiger partial charge < -0.3 is 4.74 Å². The van der Waals surface area contributed by atoms with Crippen LogP contribution in [0, 0.1) is 0 Å². The molecule has 0 saturated heterocycles. The van der Waals surface area contributed by atoms with Crippen molar-refractivity contribution in [3.63, 3.8) is 0 Å². The van der Waals surface area contributed by atoms with Crippen molar-refractivity contribution < 1.29 is 9.53 Å². The fourth-order valence-corrected chi connectivity index (χ4v) is 5.53. The number of carbonyl (C=O) groups excluding carboxylic acids is 1. The number of hydrogen-bond donors (Lipinski definition) is 0. The molecular formula is C29H30O2S. The largest absolute Gasteiger partial charge is 0.496 e. The highest BCUT2D eigenvalue weighted by molar-refractivity contribution is 7.19. The summed E-state index contributed by atoms with van der Waals surface area (Å²) in [5, 5.41) is 1.04. The summed E-state index contributed by atoms with van der Waals surface area (Å²) in [6.07, 6.45) is 0.755. The summed E-state index contributed by atoms with van der Waals surface area (Å²) in [6, 6.07) is 22.7. The van der Waals surface area contributed by atoms with Gasteiger partial charge in [0.15, 0.2) is 5.78 Å². The second-order valence-electron chi connectivity index (χ2n) is 8.89. The average molecular weight is 443 g/mol. The number of fused-ring (bicyclic) bond motifs is 1. The van der Waals surface area contributed by atoms with Crippen LogP contribution in [-0.4, -0.2) is 12.9 Å². The molecule has 0 spiro atoms. The number of rotatable bonds is 7. The molecule has 0 unspecified atom stereocenters. The van der Waals surface area contributed by atoms with Crippen LogP contribution in [0.1, 0.15) is 77.0 Å². The first-order valence-electron chi connectivity index (χ1n) is 11.2. The van der Waals surface area contributed by atoms with Gasteiger partial charge in [-0.1, -0.05) is 76.2 Å². The van der Waals surface area contributed by atoms with Crippen molar-refractivity contribution in [2.75, 3.05) is 7.11 Å². The van der Waals surface area contributed by atoms with E-state index in [0.717, 1.165) is 49.4 Å². The molecule has 0 radical (unpaired) electrons. The molecule has 0 amide bonds. The molecule has 32 heavy (non-hydrogen) atoms. The summed E-state index contributed by atoms with van der Waals surface area (Å²) < 4.78 is 6.94. The van der Waals surface area contributed by atoms with Gasteiger partial charge in [0, 0.05) is 32.5 Å². The summed E-state index contributed by atoms with van der Waals surface area (Å²) in [5.74, 6) is 1.53. The molecule has 0 bridgehead atoms. The van der Waals surface area contributed by atoms with Gasteiger partial charge in [0.1, 0.15) is 5.75 Å². The Morgan fingerprint density at radius 3 is 2.06 bits per heavy atom. The normalized spacial score (nSPS) is 11.5. The maximum absolute atomic E-state index is 14.0. The fourth-order valence-electron chi connectivity index (χ4n) is 4.29. The molecule has 4 aromatic rings. The third-order valence-electron chi connectivity index (χ3n) is 5.96. The van der Waals surface area contributed by atoms with Crippen LogP contribution in [0.3, 0.4) is 0 Å². The first-order chi connectivity index (χ1) is 15.4. The number of methoxy groups -OCH3 is 1. The van der Waals surface area contributed by atoms with E-state index in [4.69, 9.17) is 4.74 Å². The summed E-state index contributed by atoms with van der Waals surface area (Å²) >= 11 is 1.72. The van der Waals surface area contributed by atoms with E-state index < -0.39 is 0 Å². The maximum atomic E-state index is 14.0. The minimum atomic E-state index is 0.0971. The third-order valence-corrected chi connectivity index (χ3v) is 7.13. The Hall–Kier alpha value is -2.91. The van der Waals surface area contributed by atoms with Crippen LogP contribution in [0.5, 0.6) is 5.75 Å². The van der Waals surface area contributed by atoms with Gasteiger partial charge in [-0.15, -0.1) is 11.3 Å². The number of ether oxygens (including phenoxy) is 1. The smallest absolute Gasteiger partial charge is 0.194 e. The number of carbonyl (C=O) groups is 1. The summed E-state index contributed by atoms with van der Waals surface area (Å²) in [5.41, 5.74) is 4.98. The summed E-state index contributed by atoms with van der Waals surface area (Å²) in [7, 11) is 1.72. The Morgan fingerprint density at radius 1 is 0.875 bits per heavy atom. The SMILES string of the molecule is COc1c(C(C)C)cc(C(=O)c2c(Cc3ccccc3)sc3ccccc23)cc1C(C)C. The molecule has 0 saturated carbocycles. The molecule has 0 aliphatic rings. The van der Waals surface area contributed by atoms with E-state index in [9.17, 15) is 4.79 Å². The second kappa shape index (κ2) is 9.30. The minimum absolute atomic E-state index is 0.0971. The van der Waals surface area contributed by atoms with Crippen LogP contribution in [0.4, 0.5) is 0 Å². The lowest BCUT2D eigenvalue weighted by atomic mass is 9.88. The lowest BCUT2D eigenvalue weighted by molar-refractivity contribution is 0.103. The van der Waals surface area contributed by atoms with Gasteiger partial charge >= 0.3 is 0 Å². The Morgan fingerprint density at radius 2 is 1.47 bits per heavy atom. The maximum Gasteiger partial charge on any atom is 0.194 e. The average Bonchev–Trinajstić information content (AvgIpc) is 3.15. The molecule has 0 atom stereocenters. The van der Waals surface area contributed by atoms with Crippen LogP contribution >= 0.6 is 11.3 Å². The monoisotopic (exact) mass is 442 g/mol. The number of ketones is 1. The molecule has 164 valence electrons. The molecule has 0 fully saturated rings. The predicted molar refractivity (Wildman–Crippen MR) is 136 cm³/mol. The van der Waals surface area contributed by atoms with E-state index >= 15 is 0 Å². The summed E-state index contributed by atoms with van der Waals surface area (Å²) in [4.78, 5) is 15.2. The molecule has 0 N–H and O–H groups in total. The zero-order valence-electron chi connectivity index (χ0n) is 19.4. The quantitative estimate of drug-likeness (QED) is 0.271. The molecule has 2 nitrogen and oxygen atoms in total. The van der Waals surface area contributed by atoms with E-state index in [0.29, 0.717) is 0 Å². The topological polar surface area (TPSA) is 26.3 Å². The Kier molecular flexibility index (Phi) is 6.48. The molecule has 3 aromatic carbocycles. The number of hydrogen-bond acceptors (Lipinski definition) is 3. The van der Waals surface area contributed by atoms with Gasteiger partial charge in [-0.2, -0.15) is 0 Å². The lowest BCUT2D eigenvalue weighted by Crippen LogP contribution is -2.09. The standard InChI is InChI=1S/C29H30O2S/c1-18(2)23-16-21(17-24(19(3)4)29(23)31-5)28(30)27-22-13-9-10-14-25(22)32-26(27)15-20-11-7-6-8-12-20/h6-14,16-19H,15H2,1-5H3. The highest BCUT2D eigenvalue weighted by atomic mass is 32.1. The Balaban J connectivity index is 1.89. The minimum Gasteiger partial charge on any atom is -0.496 e. The highest BCUT2D eigenvalue weighted by Gasteiger charge is 2.24. The molecule has 1 aromatic heterocycles.